The van der Waals surface area contributed by atoms with Crippen molar-refractivity contribution in [3.05, 3.63) is 0 Å². The van der Waals surface area contributed by atoms with E-state index < -0.39 is 20.0 Å². The van der Waals surface area contributed by atoms with Crippen LogP contribution in [0, 0.1) is 0 Å². The fourth-order valence-corrected chi connectivity index (χ4v) is 4.61. The van der Waals surface area contributed by atoms with Crippen molar-refractivity contribution in [3.63, 3.8) is 0 Å². The van der Waals surface area contributed by atoms with Gasteiger partial charge in [-0.05, 0) is 34.6 Å². The lowest BCUT2D eigenvalue weighted by Crippen LogP contribution is -2.37. The third kappa shape index (κ3) is 7.39. The van der Waals surface area contributed by atoms with Crippen LogP contribution in [0.25, 0.3) is 0 Å². The molecule has 0 aromatic heterocycles. The number of hydrogen-bond acceptors (Lipinski definition) is 4. The van der Waals surface area contributed by atoms with Crippen LogP contribution in [0.15, 0.2) is 0 Å². The molecular weight excluding hydrogens is 324 g/mol. The van der Waals surface area contributed by atoms with E-state index in [-0.39, 0.29) is 17.0 Å². The first-order valence-corrected chi connectivity index (χ1v) is 11.0. The molecule has 0 spiro atoms. The number of rotatable bonds is 8. The lowest BCUT2D eigenvalue weighted by atomic mass is 10.4. The average Bonchev–Trinajstić information content (AvgIpc) is 2.40. The fourth-order valence-electron chi connectivity index (χ4n) is 1.93. The van der Waals surface area contributed by atoms with E-state index >= 15 is 0 Å². The minimum atomic E-state index is -3.01. The molecule has 6 nitrogen and oxygen atoms in total. The lowest BCUT2D eigenvalue weighted by Gasteiger charge is -2.23. The predicted molar refractivity (Wildman–Crippen MR) is 94.0 cm³/mol. The van der Waals surface area contributed by atoms with Crippen LogP contribution in [-0.2, 0) is 20.0 Å². The summed E-state index contributed by atoms with van der Waals surface area (Å²) in [5, 5.41) is -0.303. The zero-order chi connectivity index (χ0) is 18.1. The number of hydrogen-bond donors (Lipinski definition) is 0. The Morgan fingerprint density at radius 2 is 1.18 bits per heavy atom. The molecule has 136 valence electrons. The maximum Gasteiger partial charge on any atom is 0.216 e. The van der Waals surface area contributed by atoms with Crippen molar-refractivity contribution in [2.24, 2.45) is 0 Å². The molecule has 0 saturated heterocycles. The van der Waals surface area contributed by atoms with Crippen molar-refractivity contribution in [1.29, 1.82) is 0 Å². The van der Waals surface area contributed by atoms with Gasteiger partial charge in [-0.3, -0.25) is 0 Å². The molecule has 0 saturated carbocycles. The van der Waals surface area contributed by atoms with Crippen LogP contribution in [0.4, 0.5) is 0 Å². The topological polar surface area (TPSA) is 74.8 Å². The van der Waals surface area contributed by atoms with Crippen molar-refractivity contribution in [2.45, 2.75) is 66.7 Å². The van der Waals surface area contributed by atoms with Crippen LogP contribution in [0.5, 0.6) is 0 Å². The van der Waals surface area contributed by atoms with Gasteiger partial charge in [0.2, 0.25) is 20.0 Å². The van der Waals surface area contributed by atoms with Gasteiger partial charge in [-0.2, -0.15) is 4.31 Å². The van der Waals surface area contributed by atoms with Gasteiger partial charge in [0, 0.05) is 25.7 Å². The van der Waals surface area contributed by atoms with Gasteiger partial charge in [-0.25, -0.2) is 21.1 Å². The highest BCUT2D eigenvalue weighted by molar-refractivity contribution is 7.89. The van der Waals surface area contributed by atoms with E-state index in [9.17, 15) is 16.8 Å². The Morgan fingerprint density at radius 1 is 0.773 bits per heavy atom. The predicted octanol–water partition coefficient (Wildman–Crippen LogP) is 2.13. The van der Waals surface area contributed by atoms with Crippen LogP contribution in [0.1, 0.15) is 55.4 Å². The van der Waals surface area contributed by atoms with Crippen LogP contribution in [0.2, 0.25) is 0 Å². The van der Waals surface area contributed by atoms with Gasteiger partial charge in [0.15, 0.2) is 0 Å². The molecular formula is C14H34N2O4S2. The summed E-state index contributed by atoms with van der Waals surface area (Å²) in [7, 11) is -5.98. The molecule has 8 heteroatoms. The summed E-state index contributed by atoms with van der Waals surface area (Å²) in [6.07, 6.45) is 0. The van der Waals surface area contributed by atoms with E-state index in [0.717, 1.165) is 0 Å². The summed E-state index contributed by atoms with van der Waals surface area (Å²) in [5.74, 6) is 0.193. The number of nitrogens with zero attached hydrogens (tertiary/aromatic N) is 2. The van der Waals surface area contributed by atoms with Gasteiger partial charge in [-0.15, -0.1) is 0 Å². The van der Waals surface area contributed by atoms with E-state index in [1.165, 1.54) is 8.61 Å². The second kappa shape index (κ2) is 10.6. The van der Waals surface area contributed by atoms with Gasteiger partial charge >= 0.3 is 0 Å². The Balaban J connectivity index is 0. The molecule has 0 N–H and O–H groups in total. The van der Waals surface area contributed by atoms with Crippen LogP contribution in [0.3, 0.4) is 0 Å². The van der Waals surface area contributed by atoms with Gasteiger partial charge in [0.25, 0.3) is 0 Å². The lowest BCUT2D eigenvalue weighted by molar-refractivity contribution is 0.370. The smallest absolute Gasteiger partial charge is 0.212 e. The Bertz CT molecular complexity index is 481. The molecule has 0 rings (SSSR count). The number of sulfonamides is 2. The summed E-state index contributed by atoms with van der Waals surface area (Å²) in [5.41, 5.74) is 0. The van der Waals surface area contributed by atoms with Crippen molar-refractivity contribution in [1.82, 2.24) is 8.61 Å². The Labute approximate surface area is 138 Å². The second-order valence-corrected chi connectivity index (χ2v) is 10.1. The third-order valence-corrected chi connectivity index (χ3v) is 7.82. The van der Waals surface area contributed by atoms with Gasteiger partial charge in [0.1, 0.15) is 0 Å². The van der Waals surface area contributed by atoms with Crippen molar-refractivity contribution in [2.75, 3.05) is 25.4 Å². The second-order valence-electron chi connectivity index (χ2n) is 5.38. The van der Waals surface area contributed by atoms with Gasteiger partial charge in [-0.1, -0.05) is 20.8 Å². The molecule has 0 heterocycles. The van der Waals surface area contributed by atoms with E-state index in [1.807, 2.05) is 34.6 Å². The van der Waals surface area contributed by atoms with E-state index in [1.54, 1.807) is 20.8 Å². The van der Waals surface area contributed by atoms with Crippen LogP contribution < -0.4 is 0 Å². The van der Waals surface area contributed by atoms with E-state index in [0.29, 0.717) is 19.6 Å². The molecule has 0 aliphatic carbocycles. The van der Waals surface area contributed by atoms with E-state index in [2.05, 4.69) is 0 Å². The molecule has 0 atom stereocenters. The highest BCUT2D eigenvalue weighted by Gasteiger charge is 2.22. The molecule has 0 radical (unpaired) electrons. The minimum absolute atomic E-state index is 0.0740. The SMILES string of the molecule is CCN(C(C)C)S(=O)(=O)CC.CCN(CC)S(=O)(=O)C(C)C. The van der Waals surface area contributed by atoms with Crippen molar-refractivity contribution < 1.29 is 16.8 Å². The summed E-state index contributed by atoms with van der Waals surface area (Å²) < 4.78 is 48.4. The van der Waals surface area contributed by atoms with Crippen molar-refractivity contribution >= 4 is 20.0 Å². The molecule has 0 aliphatic rings. The van der Waals surface area contributed by atoms with Gasteiger partial charge < -0.3 is 0 Å². The van der Waals surface area contributed by atoms with Crippen LogP contribution >= 0.6 is 0 Å². The molecule has 0 fully saturated rings. The normalized spacial score (nSPS) is 12.9. The molecule has 0 bridgehead atoms. The molecule has 0 amide bonds. The fraction of sp³-hybridized carbons (Fsp3) is 1.00. The standard InChI is InChI=1S/2C7H17NO2S/c1-5-8(7(3)4)11(9,10)6-2;1-5-8(6-2)11(9,10)7(3)4/h2*7H,5-6H2,1-4H3. The largest absolute Gasteiger partial charge is 0.216 e. The highest BCUT2D eigenvalue weighted by Crippen LogP contribution is 2.07. The highest BCUT2D eigenvalue weighted by atomic mass is 32.2. The molecule has 0 aromatic rings. The maximum atomic E-state index is 11.4. The molecule has 0 unspecified atom stereocenters. The summed E-state index contributed by atoms with van der Waals surface area (Å²) >= 11 is 0. The third-order valence-electron chi connectivity index (χ3n) is 3.27. The molecule has 22 heavy (non-hydrogen) atoms. The zero-order valence-corrected chi connectivity index (χ0v) is 17.0. The Morgan fingerprint density at radius 3 is 1.27 bits per heavy atom. The summed E-state index contributed by atoms with van der Waals surface area (Å²) in [4.78, 5) is 0. The quantitative estimate of drug-likeness (QED) is 0.666. The summed E-state index contributed by atoms with van der Waals surface area (Å²) in [6, 6.07) is 0.0740. The minimum Gasteiger partial charge on any atom is -0.212 e. The Hall–Kier alpha value is -0.180. The summed E-state index contributed by atoms with van der Waals surface area (Å²) in [6.45, 7) is 16.1. The first-order chi connectivity index (χ1) is 9.92. The Kier molecular flexibility index (Phi) is 11.6. The van der Waals surface area contributed by atoms with E-state index in [4.69, 9.17) is 0 Å². The van der Waals surface area contributed by atoms with Crippen molar-refractivity contribution in [3.8, 4) is 0 Å². The molecule has 0 aliphatic heterocycles. The monoisotopic (exact) mass is 358 g/mol. The van der Waals surface area contributed by atoms with Gasteiger partial charge in [0.05, 0.1) is 11.0 Å². The first-order valence-electron chi connectivity index (χ1n) is 7.90. The average molecular weight is 359 g/mol. The van der Waals surface area contributed by atoms with Crippen LogP contribution in [-0.4, -0.2) is 62.1 Å². The zero-order valence-electron chi connectivity index (χ0n) is 15.3. The molecule has 0 aromatic carbocycles. The first kappa shape index (κ1) is 24.1. The maximum absolute atomic E-state index is 11.4.